The molecule has 0 spiro atoms. The number of hydrogen-bond acceptors (Lipinski definition) is 3. The van der Waals surface area contributed by atoms with Crippen molar-refractivity contribution in [2.24, 2.45) is 11.8 Å². The first kappa shape index (κ1) is 19.8. The van der Waals surface area contributed by atoms with Gasteiger partial charge in [-0.2, -0.15) is 0 Å². The van der Waals surface area contributed by atoms with Gasteiger partial charge in [0.2, 0.25) is 5.91 Å². The Balaban J connectivity index is 1.96. The smallest absolute Gasteiger partial charge is 0.315 e. The molecule has 0 bridgehead atoms. The van der Waals surface area contributed by atoms with Crippen LogP contribution in [0.4, 0.5) is 4.79 Å². The normalized spacial score (nSPS) is 20.7. The Morgan fingerprint density at radius 1 is 1.23 bits per heavy atom. The van der Waals surface area contributed by atoms with Gasteiger partial charge in [-0.1, -0.05) is 44.2 Å². The first-order valence-electron chi connectivity index (χ1n) is 8.92. The Kier molecular flexibility index (Phi) is 6.60. The maximum absolute atomic E-state index is 12.9. The highest BCUT2D eigenvalue weighted by molar-refractivity contribution is 5.88. The third-order valence-electron chi connectivity index (χ3n) is 4.87. The number of carboxylic acid groups (broad SMARTS) is 1. The van der Waals surface area contributed by atoms with Crippen LogP contribution in [-0.2, 0) is 16.1 Å². The van der Waals surface area contributed by atoms with E-state index < -0.39 is 24.0 Å². The molecule has 7 heteroatoms. The van der Waals surface area contributed by atoms with E-state index in [4.69, 9.17) is 0 Å². The maximum atomic E-state index is 12.9. The summed E-state index contributed by atoms with van der Waals surface area (Å²) >= 11 is 0. The maximum Gasteiger partial charge on any atom is 0.315 e. The zero-order chi connectivity index (χ0) is 19.3. The fourth-order valence-corrected chi connectivity index (χ4v) is 3.24. The summed E-state index contributed by atoms with van der Waals surface area (Å²) in [7, 11) is 0. The van der Waals surface area contributed by atoms with Gasteiger partial charge < -0.3 is 20.6 Å². The molecule has 3 unspecified atom stereocenters. The van der Waals surface area contributed by atoms with E-state index in [9.17, 15) is 19.5 Å². The number of aliphatic carboxylic acids is 1. The fourth-order valence-electron chi connectivity index (χ4n) is 3.24. The minimum atomic E-state index is -0.887. The van der Waals surface area contributed by atoms with E-state index in [1.165, 1.54) is 0 Å². The molecule has 1 saturated heterocycles. The number of amides is 3. The molecule has 1 aromatic carbocycles. The predicted molar refractivity (Wildman–Crippen MR) is 97.4 cm³/mol. The van der Waals surface area contributed by atoms with E-state index in [1.807, 2.05) is 44.2 Å². The first-order chi connectivity index (χ1) is 12.3. The van der Waals surface area contributed by atoms with Gasteiger partial charge in [0.05, 0.1) is 5.92 Å². The zero-order valence-electron chi connectivity index (χ0n) is 15.4. The highest BCUT2D eigenvalue weighted by Crippen LogP contribution is 2.25. The van der Waals surface area contributed by atoms with Gasteiger partial charge in [-0.25, -0.2) is 4.79 Å². The second-order valence-corrected chi connectivity index (χ2v) is 7.04. The van der Waals surface area contributed by atoms with E-state index >= 15 is 0 Å². The number of nitrogens with zero attached hydrogens (tertiary/aromatic N) is 1. The second kappa shape index (κ2) is 8.69. The summed E-state index contributed by atoms with van der Waals surface area (Å²) in [4.78, 5) is 37.9. The Morgan fingerprint density at radius 2 is 1.88 bits per heavy atom. The largest absolute Gasteiger partial charge is 0.481 e. The van der Waals surface area contributed by atoms with Crippen molar-refractivity contribution in [3.63, 3.8) is 0 Å². The molecule has 0 aromatic heterocycles. The van der Waals surface area contributed by atoms with Crippen LogP contribution in [0.15, 0.2) is 30.3 Å². The molecular formula is C19H27N3O4. The molecule has 7 nitrogen and oxygen atoms in total. The molecule has 1 fully saturated rings. The Bertz CT molecular complexity index is 647. The van der Waals surface area contributed by atoms with Crippen molar-refractivity contribution in [1.29, 1.82) is 0 Å². The molecule has 1 aromatic rings. The van der Waals surface area contributed by atoms with Crippen LogP contribution in [0.25, 0.3) is 0 Å². The van der Waals surface area contributed by atoms with Crippen LogP contribution in [-0.4, -0.2) is 46.5 Å². The lowest BCUT2D eigenvalue weighted by atomic mass is 10.0. The third kappa shape index (κ3) is 4.74. The molecule has 3 atom stereocenters. The summed E-state index contributed by atoms with van der Waals surface area (Å²) in [5.74, 6) is -1.78. The van der Waals surface area contributed by atoms with E-state index in [2.05, 4.69) is 10.6 Å². The van der Waals surface area contributed by atoms with Crippen LogP contribution < -0.4 is 10.6 Å². The van der Waals surface area contributed by atoms with Crippen molar-refractivity contribution in [1.82, 2.24) is 15.5 Å². The lowest BCUT2D eigenvalue weighted by Gasteiger charge is -2.30. The fraction of sp³-hybridized carbons (Fsp3) is 0.526. The van der Waals surface area contributed by atoms with Gasteiger partial charge in [-0.05, 0) is 24.8 Å². The van der Waals surface area contributed by atoms with E-state index in [-0.39, 0.29) is 17.9 Å². The van der Waals surface area contributed by atoms with Gasteiger partial charge in [0, 0.05) is 19.1 Å². The van der Waals surface area contributed by atoms with Gasteiger partial charge in [0.25, 0.3) is 0 Å². The predicted octanol–water partition coefficient (Wildman–Crippen LogP) is 1.83. The van der Waals surface area contributed by atoms with Gasteiger partial charge in [-0.3, -0.25) is 9.59 Å². The average molecular weight is 361 g/mol. The number of likely N-dealkylation sites (tertiary alicyclic amines) is 1. The number of carbonyl (C=O) groups is 3. The molecule has 142 valence electrons. The van der Waals surface area contributed by atoms with Crippen molar-refractivity contribution in [2.75, 3.05) is 6.54 Å². The molecule has 0 radical (unpaired) electrons. The minimum absolute atomic E-state index is 0.110. The van der Waals surface area contributed by atoms with E-state index in [0.717, 1.165) is 5.56 Å². The number of nitrogens with one attached hydrogen (secondary N) is 2. The number of hydrogen-bond donors (Lipinski definition) is 3. The summed E-state index contributed by atoms with van der Waals surface area (Å²) in [5.41, 5.74) is 0.965. The van der Waals surface area contributed by atoms with Crippen LogP contribution >= 0.6 is 0 Å². The quantitative estimate of drug-likeness (QED) is 0.720. The van der Waals surface area contributed by atoms with Gasteiger partial charge in [0.15, 0.2) is 0 Å². The number of carbonyl (C=O) groups excluding carboxylic acids is 2. The summed E-state index contributed by atoms with van der Waals surface area (Å²) < 4.78 is 0. The molecule has 3 amide bonds. The number of carboxylic acids is 1. The van der Waals surface area contributed by atoms with E-state index in [1.54, 1.807) is 11.8 Å². The van der Waals surface area contributed by atoms with Gasteiger partial charge in [-0.15, -0.1) is 0 Å². The van der Waals surface area contributed by atoms with Crippen LogP contribution in [0.1, 0.15) is 32.8 Å². The van der Waals surface area contributed by atoms with Crippen LogP contribution in [0.5, 0.6) is 0 Å². The Labute approximate surface area is 153 Å². The van der Waals surface area contributed by atoms with Gasteiger partial charge >= 0.3 is 12.0 Å². The third-order valence-corrected chi connectivity index (χ3v) is 4.87. The topological polar surface area (TPSA) is 98.7 Å². The standard InChI is InChI=1S/C19H27N3O4/c1-12(2)16(17(23)22-10-9-15(13(22)3)18(24)25)21-19(26)20-11-14-7-5-4-6-8-14/h4-8,12-13,15-16H,9-11H2,1-3H3,(H,24,25)(H2,20,21,26). The Morgan fingerprint density at radius 3 is 2.42 bits per heavy atom. The van der Waals surface area contributed by atoms with E-state index in [0.29, 0.717) is 19.5 Å². The molecule has 1 aliphatic rings. The highest BCUT2D eigenvalue weighted by Gasteiger charge is 2.41. The molecule has 1 aliphatic heterocycles. The lowest BCUT2D eigenvalue weighted by molar-refractivity contribution is -0.143. The van der Waals surface area contributed by atoms with Crippen LogP contribution in [0.3, 0.4) is 0 Å². The Hall–Kier alpha value is -2.57. The van der Waals surface area contributed by atoms with Crippen molar-refractivity contribution in [3.05, 3.63) is 35.9 Å². The highest BCUT2D eigenvalue weighted by atomic mass is 16.4. The van der Waals surface area contributed by atoms with Crippen molar-refractivity contribution in [3.8, 4) is 0 Å². The molecule has 1 heterocycles. The van der Waals surface area contributed by atoms with Crippen molar-refractivity contribution >= 4 is 17.9 Å². The van der Waals surface area contributed by atoms with Crippen LogP contribution in [0.2, 0.25) is 0 Å². The summed E-state index contributed by atoms with van der Waals surface area (Å²) in [6.07, 6.45) is 0.438. The zero-order valence-corrected chi connectivity index (χ0v) is 15.4. The SMILES string of the molecule is CC(C)C(NC(=O)NCc1ccccc1)C(=O)N1CCC(C(=O)O)C1C. The number of benzene rings is 1. The lowest BCUT2D eigenvalue weighted by Crippen LogP contribution is -2.54. The summed E-state index contributed by atoms with van der Waals surface area (Å²) in [6, 6.07) is 8.01. The monoisotopic (exact) mass is 361 g/mol. The molecule has 0 saturated carbocycles. The van der Waals surface area contributed by atoms with Crippen molar-refractivity contribution < 1.29 is 19.5 Å². The van der Waals surface area contributed by atoms with Gasteiger partial charge in [0.1, 0.15) is 6.04 Å². The molecule has 0 aliphatic carbocycles. The number of urea groups is 1. The first-order valence-corrected chi connectivity index (χ1v) is 8.92. The number of rotatable bonds is 6. The van der Waals surface area contributed by atoms with Crippen molar-refractivity contribution in [2.45, 2.75) is 45.8 Å². The minimum Gasteiger partial charge on any atom is -0.481 e. The molecule has 3 N–H and O–H groups in total. The molecule has 2 rings (SSSR count). The average Bonchev–Trinajstić information content (AvgIpc) is 2.99. The molecule has 26 heavy (non-hydrogen) atoms. The molecular weight excluding hydrogens is 334 g/mol. The van der Waals surface area contributed by atoms with Crippen LogP contribution in [0, 0.1) is 11.8 Å². The summed E-state index contributed by atoms with van der Waals surface area (Å²) in [6.45, 7) is 6.22. The second-order valence-electron chi connectivity index (χ2n) is 7.04. The summed E-state index contributed by atoms with van der Waals surface area (Å²) in [5, 5.41) is 14.7.